The largest absolute Gasteiger partial charge is 0.481 e. The Balaban J connectivity index is 2.12. The van der Waals surface area contributed by atoms with Crippen LogP contribution in [0.4, 0.5) is 5.82 Å². The lowest BCUT2D eigenvalue weighted by molar-refractivity contribution is -0.137. The maximum atomic E-state index is 11.0. The molecule has 0 saturated carbocycles. The first-order valence-electron chi connectivity index (χ1n) is 6.71. The van der Waals surface area contributed by atoms with Gasteiger partial charge in [0.25, 0.3) is 0 Å². The number of carbonyl (C=O) groups is 1. The molecule has 110 valence electrons. The Morgan fingerprint density at radius 3 is 3.20 bits per heavy atom. The predicted octanol–water partition coefficient (Wildman–Crippen LogP) is 1.66. The smallest absolute Gasteiger partial charge is 0.305 e. The molecule has 1 aromatic heterocycles. The summed E-state index contributed by atoms with van der Waals surface area (Å²) >= 11 is 1.78. The van der Waals surface area contributed by atoms with Gasteiger partial charge in [-0.25, -0.2) is 9.97 Å². The second kappa shape index (κ2) is 7.33. The van der Waals surface area contributed by atoms with E-state index in [2.05, 4.69) is 9.97 Å². The maximum absolute atomic E-state index is 11.0. The lowest BCUT2D eigenvalue weighted by Gasteiger charge is -2.35. The summed E-state index contributed by atoms with van der Waals surface area (Å²) in [5.74, 6) is 2.30. The molecule has 6 nitrogen and oxygen atoms in total. The van der Waals surface area contributed by atoms with E-state index >= 15 is 0 Å². The van der Waals surface area contributed by atoms with Crippen LogP contribution in [-0.4, -0.2) is 51.7 Å². The SMILES string of the molecule is CCCOc1cc(N2CCSCC2CC(=O)O)ncn1. The molecule has 20 heavy (non-hydrogen) atoms. The minimum atomic E-state index is -0.779. The predicted molar refractivity (Wildman–Crippen MR) is 78.5 cm³/mol. The first kappa shape index (κ1) is 14.9. The first-order valence-corrected chi connectivity index (χ1v) is 7.87. The molecule has 2 heterocycles. The summed E-state index contributed by atoms with van der Waals surface area (Å²) in [7, 11) is 0. The van der Waals surface area contributed by atoms with Gasteiger partial charge in [0.15, 0.2) is 0 Å². The van der Waals surface area contributed by atoms with E-state index in [1.807, 2.05) is 11.8 Å². The van der Waals surface area contributed by atoms with Crippen LogP contribution in [-0.2, 0) is 4.79 Å². The number of rotatable bonds is 6. The summed E-state index contributed by atoms with van der Waals surface area (Å²) < 4.78 is 5.50. The van der Waals surface area contributed by atoms with Crippen molar-refractivity contribution in [3.8, 4) is 5.88 Å². The molecule has 0 bridgehead atoms. The van der Waals surface area contributed by atoms with Gasteiger partial charge < -0.3 is 14.7 Å². The quantitative estimate of drug-likeness (QED) is 0.855. The summed E-state index contributed by atoms with van der Waals surface area (Å²) in [4.78, 5) is 21.3. The standard InChI is InChI=1S/C13H19N3O3S/c1-2-4-19-12-7-11(14-9-15-12)16-3-5-20-8-10(16)6-13(17)18/h7,9-10H,2-6,8H2,1H3,(H,17,18). The molecule has 1 N–H and O–H groups in total. The third-order valence-corrected chi connectivity index (χ3v) is 4.11. The molecule has 2 rings (SSSR count). The van der Waals surface area contributed by atoms with E-state index < -0.39 is 5.97 Å². The van der Waals surface area contributed by atoms with Crippen LogP contribution in [0.2, 0.25) is 0 Å². The number of aromatic nitrogens is 2. The third kappa shape index (κ3) is 4.00. The van der Waals surface area contributed by atoms with Crippen molar-refractivity contribution in [1.29, 1.82) is 0 Å². The molecule has 0 radical (unpaired) electrons. The Morgan fingerprint density at radius 1 is 1.60 bits per heavy atom. The lowest BCUT2D eigenvalue weighted by atomic mass is 10.2. The second-order valence-electron chi connectivity index (χ2n) is 4.58. The van der Waals surface area contributed by atoms with Crippen LogP contribution in [0.25, 0.3) is 0 Å². The summed E-state index contributed by atoms with van der Waals surface area (Å²) in [6, 6.07) is 1.76. The Morgan fingerprint density at radius 2 is 2.45 bits per heavy atom. The molecule has 7 heteroatoms. The number of aliphatic carboxylic acids is 1. The highest BCUT2D eigenvalue weighted by molar-refractivity contribution is 7.99. The highest BCUT2D eigenvalue weighted by Crippen LogP contribution is 2.25. The molecule has 0 aromatic carbocycles. The molecule has 0 spiro atoms. The van der Waals surface area contributed by atoms with Gasteiger partial charge in [-0.05, 0) is 6.42 Å². The Kier molecular flexibility index (Phi) is 5.46. The maximum Gasteiger partial charge on any atom is 0.305 e. The molecule has 0 aliphatic carbocycles. The number of carboxylic acids is 1. The van der Waals surface area contributed by atoms with Gasteiger partial charge in [-0.2, -0.15) is 11.8 Å². The van der Waals surface area contributed by atoms with Crippen LogP contribution in [0, 0.1) is 0 Å². The van der Waals surface area contributed by atoms with E-state index in [0.29, 0.717) is 12.5 Å². The Labute approximate surface area is 122 Å². The summed E-state index contributed by atoms with van der Waals surface area (Å²) in [6.45, 7) is 3.45. The van der Waals surface area contributed by atoms with Crippen molar-refractivity contribution < 1.29 is 14.6 Å². The highest BCUT2D eigenvalue weighted by atomic mass is 32.2. The molecule has 0 amide bonds. The van der Waals surface area contributed by atoms with Gasteiger partial charge >= 0.3 is 5.97 Å². The highest BCUT2D eigenvalue weighted by Gasteiger charge is 2.26. The molecule has 1 atom stereocenters. The van der Waals surface area contributed by atoms with Crippen molar-refractivity contribution in [3.63, 3.8) is 0 Å². The fourth-order valence-corrected chi connectivity index (χ4v) is 3.16. The van der Waals surface area contributed by atoms with Crippen molar-refractivity contribution in [2.24, 2.45) is 0 Å². The molecular weight excluding hydrogens is 278 g/mol. The summed E-state index contributed by atoms with van der Waals surface area (Å²) in [5, 5.41) is 9.01. The first-order chi connectivity index (χ1) is 9.70. The molecule has 1 fully saturated rings. The zero-order valence-electron chi connectivity index (χ0n) is 11.5. The number of hydrogen-bond donors (Lipinski definition) is 1. The van der Waals surface area contributed by atoms with Crippen molar-refractivity contribution in [1.82, 2.24) is 9.97 Å². The van der Waals surface area contributed by atoms with Crippen molar-refractivity contribution in [2.75, 3.05) is 29.6 Å². The Bertz CT molecular complexity index is 458. The van der Waals surface area contributed by atoms with Crippen LogP contribution in [0.1, 0.15) is 19.8 Å². The second-order valence-corrected chi connectivity index (χ2v) is 5.73. The molecule has 1 aromatic rings. The van der Waals surface area contributed by atoms with Gasteiger partial charge in [-0.15, -0.1) is 0 Å². The zero-order valence-corrected chi connectivity index (χ0v) is 12.3. The van der Waals surface area contributed by atoms with Gasteiger partial charge in [0.2, 0.25) is 5.88 Å². The average Bonchev–Trinajstić information content (AvgIpc) is 2.45. The van der Waals surface area contributed by atoms with Crippen molar-refractivity contribution in [3.05, 3.63) is 12.4 Å². The fourth-order valence-electron chi connectivity index (χ4n) is 2.10. The van der Waals surface area contributed by atoms with E-state index in [4.69, 9.17) is 9.84 Å². The normalized spacial score (nSPS) is 18.9. The van der Waals surface area contributed by atoms with Gasteiger partial charge in [-0.3, -0.25) is 4.79 Å². The Hall–Kier alpha value is -1.50. The third-order valence-electron chi connectivity index (χ3n) is 3.01. The van der Waals surface area contributed by atoms with E-state index in [0.717, 1.165) is 30.3 Å². The van der Waals surface area contributed by atoms with Crippen molar-refractivity contribution in [2.45, 2.75) is 25.8 Å². The van der Waals surface area contributed by atoms with E-state index in [-0.39, 0.29) is 12.5 Å². The molecule has 1 aliphatic heterocycles. The average molecular weight is 297 g/mol. The number of nitrogens with zero attached hydrogens (tertiary/aromatic N) is 3. The van der Waals surface area contributed by atoms with Gasteiger partial charge in [0, 0.05) is 30.2 Å². The molecule has 1 aliphatic rings. The lowest BCUT2D eigenvalue weighted by Crippen LogP contribution is -2.44. The van der Waals surface area contributed by atoms with E-state index in [9.17, 15) is 4.79 Å². The zero-order chi connectivity index (χ0) is 14.4. The fraction of sp³-hybridized carbons (Fsp3) is 0.615. The number of carboxylic acid groups (broad SMARTS) is 1. The summed E-state index contributed by atoms with van der Waals surface area (Å²) in [5.41, 5.74) is 0. The van der Waals surface area contributed by atoms with Crippen LogP contribution >= 0.6 is 11.8 Å². The molecule has 1 saturated heterocycles. The molecule has 1 unspecified atom stereocenters. The van der Waals surface area contributed by atoms with Gasteiger partial charge in [0.05, 0.1) is 13.0 Å². The van der Waals surface area contributed by atoms with E-state index in [1.165, 1.54) is 6.33 Å². The monoisotopic (exact) mass is 297 g/mol. The van der Waals surface area contributed by atoms with E-state index in [1.54, 1.807) is 17.8 Å². The number of ether oxygens (including phenoxy) is 1. The topological polar surface area (TPSA) is 75.5 Å². The molecular formula is C13H19N3O3S. The van der Waals surface area contributed by atoms with Gasteiger partial charge in [-0.1, -0.05) is 6.92 Å². The minimum Gasteiger partial charge on any atom is -0.481 e. The number of hydrogen-bond acceptors (Lipinski definition) is 6. The summed E-state index contributed by atoms with van der Waals surface area (Å²) in [6.07, 6.45) is 2.52. The van der Waals surface area contributed by atoms with Crippen LogP contribution < -0.4 is 9.64 Å². The van der Waals surface area contributed by atoms with Gasteiger partial charge in [0.1, 0.15) is 12.1 Å². The van der Waals surface area contributed by atoms with Crippen LogP contribution in [0.15, 0.2) is 12.4 Å². The van der Waals surface area contributed by atoms with Crippen LogP contribution in [0.5, 0.6) is 5.88 Å². The van der Waals surface area contributed by atoms with Crippen molar-refractivity contribution >= 4 is 23.5 Å². The van der Waals surface area contributed by atoms with Crippen LogP contribution in [0.3, 0.4) is 0 Å². The number of thioether (sulfide) groups is 1. The minimum absolute atomic E-state index is 0.0276. The number of anilines is 1.